The van der Waals surface area contributed by atoms with Gasteiger partial charge in [0.1, 0.15) is 0 Å². The van der Waals surface area contributed by atoms with Crippen LogP contribution in [-0.4, -0.2) is 33.4 Å². The van der Waals surface area contributed by atoms with Gasteiger partial charge in [-0.05, 0) is 6.92 Å². The molecule has 0 aromatic carbocycles. The average molecular weight is 258 g/mol. The first-order valence-electron chi connectivity index (χ1n) is 4.28. The second-order valence-electron chi connectivity index (χ2n) is 3.36. The quantitative estimate of drug-likeness (QED) is 0.816. The average Bonchev–Trinajstić information content (AvgIpc) is 2.45. The summed E-state index contributed by atoms with van der Waals surface area (Å²) < 4.78 is 61.1. The van der Waals surface area contributed by atoms with Crippen molar-refractivity contribution in [1.82, 2.24) is 10.2 Å². The van der Waals surface area contributed by atoms with E-state index in [2.05, 4.69) is 5.10 Å². The molecule has 1 aromatic rings. The predicted molar refractivity (Wildman–Crippen MR) is 45.0 cm³/mol. The van der Waals surface area contributed by atoms with Gasteiger partial charge in [0.05, 0.1) is 6.42 Å². The Morgan fingerprint density at radius 3 is 2.24 bits per heavy atom. The van der Waals surface area contributed by atoms with Gasteiger partial charge < -0.3 is 5.11 Å². The molecule has 1 rings (SSSR count). The van der Waals surface area contributed by atoms with Gasteiger partial charge in [0.15, 0.2) is 5.69 Å². The monoisotopic (exact) mass is 258 g/mol. The van der Waals surface area contributed by atoms with Crippen LogP contribution < -0.4 is 0 Å². The molecule has 0 amide bonds. The molecule has 0 radical (unpaired) electrons. The maximum Gasteiger partial charge on any atom is 0.453 e. The minimum absolute atomic E-state index is 0.235. The summed E-state index contributed by atoms with van der Waals surface area (Å²) in [6.07, 6.45) is -7.35. The Morgan fingerprint density at radius 1 is 1.35 bits per heavy atom. The van der Waals surface area contributed by atoms with Crippen LogP contribution >= 0.6 is 0 Å². The highest BCUT2D eigenvalue weighted by atomic mass is 19.4. The summed E-state index contributed by atoms with van der Waals surface area (Å²) in [4.78, 5) is 10.5. The van der Waals surface area contributed by atoms with Gasteiger partial charge in [-0.2, -0.15) is 27.1 Å². The fourth-order valence-corrected chi connectivity index (χ4v) is 1.14. The summed E-state index contributed by atoms with van der Waals surface area (Å²) >= 11 is 0. The molecule has 0 unspecified atom stereocenters. The molecule has 1 heterocycles. The van der Waals surface area contributed by atoms with Crippen LogP contribution in [0.5, 0.6) is 0 Å². The summed E-state index contributed by atoms with van der Waals surface area (Å²) in [7, 11) is 0. The lowest BCUT2D eigenvalue weighted by Gasteiger charge is -2.18. The van der Waals surface area contributed by atoms with Crippen molar-refractivity contribution >= 4 is 5.97 Å². The summed E-state index contributed by atoms with van der Waals surface area (Å²) in [6, 6.07) is 0. The molecule has 17 heavy (non-hydrogen) atoms. The Balaban J connectivity index is 3.01. The number of alkyl halides is 5. The van der Waals surface area contributed by atoms with E-state index in [1.165, 1.54) is 0 Å². The van der Waals surface area contributed by atoms with Crippen LogP contribution in [0.3, 0.4) is 0 Å². The number of nitrogens with zero attached hydrogens (tertiary/aromatic N) is 1. The zero-order valence-electron chi connectivity index (χ0n) is 8.40. The number of hydrogen-bond acceptors (Lipinski definition) is 2. The van der Waals surface area contributed by atoms with E-state index in [1.54, 1.807) is 0 Å². The molecule has 0 aliphatic heterocycles. The number of aromatic carboxylic acids is 1. The summed E-state index contributed by atoms with van der Waals surface area (Å²) in [5.74, 6) is -6.43. The SMILES string of the molecule is Cc1c(C(=O)O)n[nH]c1CC(F)(F)C(F)(F)F. The molecule has 0 saturated heterocycles. The molecule has 0 aliphatic rings. The van der Waals surface area contributed by atoms with E-state index in [0.717, 1.165) is 6.92 Å². The van der Waals surface area contributed by atoms with Crippen molar-refractivity contribution in [3.05, 3.63) is 17.0 Å². The number of hydrogen-bond donors (Lipinski definition) is 2. The van der Waals surface area contributed by atoms with Crippen LogP contribution in [-0.2, 0) is 6.42 Å². The molecule has 0 atom stereocenters. The minimum atomic E-state index is -5.69. The van der Waals surface area contributed by atoms with E-state index in [4.69, 9.17) is 5.11 Å². The fourth-order valence-electron chi connectivity index (χ4n) is 1.14. The van der Waals surface area contributed by atoms with Gasteiger partial charge in [-0.3, -0.25) is 5.10 Å². The van der Waals surface area contributed by atoms with Crippen molar-refractivity contribution in [2.45, 2.75) is 25.4 Å². The number of carboxylic acids is 1. The molecule has 9 heteroatoms. The van der Waals surface area contributed by atoms with Crippen LogP contribution in [0.25, 0.3) is 0 Å². The maximum absolute atomic E-state index is 12.7. The number of H-pyrrole nitrogens is 1. The summed E-state index contributed by atoms with van der Waals surface area (Å²) in [6.45, 7) is 1.11. The molecule has 4 nitrogen and oxygen atoms in total. The van der Waals surface area contributed by atoms with E-state index in [0.29, 0.717) is 0 Å². The summed E-state index contributed by atoms with van der Waals surface area (Å²) in [5, 5.41) is 13.6. The Bertz CT molecular complexity index is 438. The highest BCUT2D eigenvalue weighted by Crippen LogP contribution is 2.38. The Labute approximate surface area is 91.4 Å². The number of rotatable bonds is 3. The second kappa shape index (κ2) is 3.97. The molecule has 2 N–H and O–H groups in total. The van der Waals surface area contributed by atoms with Gasteiger partial charge in [0, 0.05) is 11.3 Å². The van der Waals surface area contributed by atoms with Crippen molar-refractivity contribution in [2.75, 3.05) is 0 Å². The molecule has 96 valence electrons. The second-order valence-corrected chi connectivity index (χ2v) is 3.36. The standard InChI is InChI=1S/C8H7F5N2O2/c1-3-4(14-15-5(3)6(16)17)2-7(9,10)8(11,12)13/h2H2,1H3,(H,14,15)(H,16,17). The number of halogens is 5. The highest BCUT2D eigenvalue weighted by Gasteiger charge is 2.57. The number of carbonyl (C=O) groups is 1. The first-order chi connectivity index (χ1) is 7.56. The molecule has 0 fully saturated rings. The van der Waals surface area contributed by atoms with Crippen molar-refractivity contribution < 1.29 is 31.9 Å². The lowest BCUT2D eigenvalue weighted by molar-refractivity contribution is -0.281. The van der Waals surface area contributed by atoms with Gasteiger partial charge in [0.2, 0.25) is 0 Å². The molecule has 0 saturated carbocycles. The first-order valence-corrected chi connectivity index (χ1v) is 4.28. The van der Waals surface area contributed by atoms with Crippen LogP contribution in [0, 0.1) is 6.92 Å². The molecule has 0 aliphatic carbocycles. The van der Waals surface area contributed by atoms with E-state index < -0.39 is 35.9 Å². The number of nitrogens with one attached hydrogen (secondary N) is 1. The van der Waals surface area contributed by atoms with Gasteiger partial charge in [0.25, 0.3) is 0 Å². The molecule has 0 bridgehead atoms. The predicted octanol–water partition coefficient (Wildman–Crippen LogP) is 2.16. The lowest BCUT2D eigenvalue weighted by Crippen LogP contribution is -2.38. The zero-order valence-corrected chi connectivity index (χ0v) is 8.40. The Morgan fingerprint density at radius 2 is 1.88 bits per heavy atom. The number of carboxylic acid groups (broad SMARTS) is 1. The first kappa shape index (κ1) is 13.4. The van der Waals surface area contributed by atoms with Crippen LogP contribution in [0.1, 0.15) is 21.7 Å². The molecular weight excluding hydrogens is 251 g/mol. The third-order valence-electron chi connectivity index (χ3n) is 2.13. The Hall–Kier alpha value is -1.67. The molecule has 0 spiro atoms. The number of aromatic amines is 1. The fraction of sp³-hybridized carbons (Fsp3) is 0.500. The van der Waals surface area contributed by atoms with Gasteiger partial charge in [-0.25, -0.2) is 4.79 Å². The van der Waals surface area contributed by atoms with Crippen LogP contribution in [0.2, 0.25) is 0 Å². The topological polar surface area (TPSA) is 66.0 Å². The Kier molecular flexibility index (Phi) is 3.13. The number of aromatic nitrogens is 2. The van der Waals surface area contributed by atoms with Crippen molar-refractivity contribution in [3.63, 3.8) is 0 Å². The zero-order chi connectivity index (χ0) is 13.4. The largest absolute Gasteiger partial charge is 0.476 e. The highest BCUT2D eigenvalue weighted by molar-refractivity contribution is 5.87. The maximum atomic E-state index is 12.7. The third kappa shape index (κ3) is 2.53. The smallest absolute Gasteiger partial charge is 0.453 e. The lowest BCUT2D eigenvalue weighted by atomic mass is 10.1. The third-order valence-corrected chi connectivity index (χ3v) is 2.13. The summed E-state index contributed by atoms with van der Waals surface area (Å²) in [5.41, 5.74) is -1.36. The van der Waals surface area contributed by atoms with E-state index in [-0.39, 0.29) is 5.56 Å². The van der Waals surface area contributed by atoms with Crippen LogP contribution in [0.4, 0.5) is 22.0 Å². The van der Waals surface area contributed by atoms with E-state index >= 15 is 0 Å². The van der Waals surface area contributed by atoms with Gasteiger partial charge in [-0.1, -0.05) is 0 Å². The van der Waals surface area contributed by atoms with Crippen molar-refractivity contribution in [2.24, 2.45) is 0 Å². The molecular formula is C8H7F5N2O2. The van der Waals surface area contributed by atoms with Gasteiger partial charge in [-0.15, -0.1) is 0 Å². The van der Waals surface area contributed by atoms with E-state index in [1.807, 2.05) is 5.10 Å². The van der Waals surface area contributed by atoms with Crippen molar-refractivity contribution in [3.8, 4) is 0 Å². The van der Waals surface area contributed by atoms with E-state index in [9.17, 15) is 26.7 Å². The normalized spacial score (nSPS) is 12.8. The molecule has 1 aromatic heterocycles. The minimum Gasteiger partial charge on any atom is -0.476 e. The van der Waals surface area contributed by atoms with Crippen LogP contribution in [0.15, 0.2) is 0 Å². The van der Waals surface area contributed by atoms with Gasteiger partial charge >= 0.3 is 18.1 Å². The van der Waals surface area contributed by atoms with Crippen molar-refractivity contribution in [1.29, 1.82) is 0 Å².